The van der Waals surface area contributed by atoms with Gasteiger partial charge in [-0.05, 0) is 26.0 Å². The topological polar surface area (TPSA) is 93.9 Å². The first-order valence-corrected chi connectivity index (χ1v) is 5.51. The van der Waals surface area contributed by atoms with Crippen LogP contribution in [0.5, 0.6) is 0 Å². The van der Waals surface area contributed by atoms with Gasteiger partial charge in [0.1, 0.15) is 11.8 Å². The van der Waals surface area contributed by atoms with Gasteiger partial charge < -0.3 is 15.5 Å². The number of nitrogens with two attached hydrogens (primary N) is 1. The molecule has 94 valence electrons. The Kier molecular flexibility index (Phi) is 3.27. The number of amides is 1. The number of aromatic amines is 1. The predicted molar refractivity (Wildman–Crippen MR) is 65.6 cm³/mol. The summed E-state index contributed by atoms with van der Waals surface area (Å²) in [7, 11) is 0. The van der Waals surface area contributed by atoms with Crippen molar-refractivity contribution in [3.05, 3.63) is 35.8 Å². The molecule has 0 aliphatic carbocycles. The molecule has 1 atom stereocenters. The van der Waals surface area contributed by atoms with E-state index < -0.39 is 12.2 Å². The van der Waals surface area contributed by atoms with E-state index in [1.807, 2.05) is 25.1 Å². The third-order valence-corrected chi connectivity index (χ3v) is 2.44. The SMILES string of the molecule is Cc1cccc(-c2nc(C(C)OC(N)=O)c[nH]2)n1. The number of nitrogens with zero attached hydrogens (tertiary/aromatic N) is 2. The van der Waals surface area contributed by atoms with Crippen LogP contribution in [0.4, 0.5) is 4.79 Å². The Bertz CT molecular complexity index is 565. The summed E-state index contributed by atoms with van der Waals surface area (Å²) in [5.74, 6) is 0.633. The first-order valence-electron chi connectivity index (χ1n) is 5.51. The van der Waals surface area contributed by atoms with Crippen molar-refractivity contribution < 1.29 is 9.53 Å². The molecule has 2 aromatic heterocycles. The molecule has 2 rings (SSSR count). The maximum Gasteiger partial charge on any atom is 0.405 e. The molecule has 0 radical (unpaired) electrons. The number of aryl methyl sites for hydroxylation is 1. The smallest absolute Gasteiger partial charge is 0.405 e. The Hall–Kier alpha value is -2.37. The molecule has 0 aromatic carbocycles. The summed E-state index contributed by atoms with van der Waals surface area (Å²) < 4.78 is 4.85. The molecule has 0 aliphatic rings. The van der Waals surface area contributed by atoms with Crippen molar-refractivity contribution in [2.24, 2.45) is 5.73 Å². The first kappa shape index (κ1) is 12.1. The molecule has 6 heteroatoms. The number of rotatable bonds is 3. The molecule has 0 saturated heterocycles. The van der Waals surface area contributed by atoms with Crippen LogP contribution in [0.1, 0.15) is 24.4 Å². The summed E-state index contributed by atoms with van der Waals surface area (Å²) in [6.07, 6.45) is 0.366. The number of nitrogens with one attached hydrogen (secondary N) is 1. The fraction of sp³-hybridized carbons (Fsp3) is 0.250. The third-order valence-electron chi connectivity index (χ3n) is 2.44. The van der Waals surface area contributed by atoms with E-state index in [0.717, 1.165) is 11.4 Å². The zero-order valence-electron chi connectivity index (χ0n) is 10.2. The van der Waals surface area contributed by atoms with E-state index >= 15 is 0 Å². The summed E-state index contributed by atoms with van der Waals surface area (Å²) in [6, 6.07) is 5.67. The van der Waals surface area contributed by atoms with E-state index in [9.17, 15) is 4.79 Å². The fourth-order valence-electron chi connectivity index (χ4n) is 1.58. The maximum atomic E-state index is 10.7. The lowest BCUT2D eigenvalue weighted by Gasteiger charge is -2.07. The molecule has 0 fully saturated rings. The highest BCUT2D eigenvalue weighted by molar-refractivity contribution is 5.65. The molecule has 0 saturated carbocycles. The van der Waals surface area contributed by atoms with E-state index in [-0.39, 0.29) is 0 Å². The molecular weight excluding hydrogens is 232 g/mol. The van der Waals surface area contributed by atoms with Crippen LogP contribution in [0.15, 0.2) is 24.4 Å². The molecular formula is C12H14N4O2. The molecule has 3 N–H and O–H groups in total. The van der Waals surface area contributed by atoms with Crippen LogP contribution in [0.3, 0.4) is 0 Å². The number of carbonyl (C=O) groups excluding carboxylic acids is 1. The molecule has 0 spiro atoms. The number of H-pyrrole nitrogens is 1. The van der Waals surface area contributed by atoms with Gasteiger partial charge in [0.05, 0.1) is 5.69 Å². The highest BCUT2D eigenvalue weighted by atomic mass is 16.6. The van der Waals surface area contributed by atoms with E-state index in [4.69, 9.17) is 10.5 Å². The van der Waals surface area contributed by atoms with Gasteiger partial charge in [0.25, 0.3) is 0 Å². The molecule has 0 bridgehead atoms. The maximum absolute atomic E-state index is 10.7. The number of aromatic nitrogens is 3. The lowest BCUT2D eigenvalue weighted by Crippen LogP contribution is -2.15. The van der Waals surface area contributed by atoms with Crippen molar-refractivity contribution in [3.8, 4) is 11.5 Å². The number of hydrogen-bond acceptors (Lipinski definition) is 4. The lowest BCUT2D eigenvalue weighted by molar-refractivity contribution is 0.114. The van der Waals surface area contributed by atoms with Crippen molar-refractivity contribution in [2.45, 2.75) is 20.0 Å². The van der Waals surface area contributed by atoms with Crippen LogP contribution >= 0.6 is 0 Å². The number of primary amides is 1. The zero-order valence-corrected chi connectivity index (χ0v) is 10.2. The highest BCUT2D eigenvalue weighted by Crippen LogP contribution is 2.19. The second kappa shape index (κ2) is 4.87. The van der Waals surface area contributed by atoms with Gasteiger partial charge in [0.2, 0.25) is 0 Å². The number of ether oxygens (including phenoxy) is 1. The minimum Gasteiger partial charge on any atom is -0.440 e. The predicted octanol–water partition coefficient (Wildman–Crippen LogP) is 1.94. The van der Waals surface area contributed by atoms with Gasteiger partial charge in [0.15, 0.2) is 5.82 Å². The van der Waals surface area contributed by atoms with Gasteiger partial charge in [0, 0.05) is 11.9 Å². The third kappa shape index (κ3) is 2.65. The van der Waals surface area contributed by atoms with Gasteiger partial charge in [-0.15, -0.1) is 0 Å². The van der Waals surface area contributed by atoms with Crippen molar-refractivity contribution >= 4 is 6.09 Å². The molecule has 18 heavy (non-hydrogen) atoms. The lowest BCUT2D eigenvalue weighted by atomic mass is 10.3. The van der Waals surface area contributed by atoms with Gasteiger partial charge in [-0.3, -0.25) is 0 Å². The van der Waals surface area contributed by atoms with Crippen LogP contribution in [0.25, 0.3) is 11.5 Å². The van der Waals surface area contributed by atoms with E-state index in [1.54, 1.807) is 13.1 Å². The van der Waals surface area contributed by atoms with Crippen LogP contribution in [-0.2, 0) is 4.74 Å². The largest absolute Gasteiger partial charge is 0.440 e. The van der Waals surface area contributed by atoms with E-state index in [1.165, 1.54) is 0 Å². The number of imidazole rings is 1. The Morgan fingerprint density at radius 2 is 2.22 bits per heavy atom. The van der Waals surface area contributed by atoms with Crippen molar-refractivity contribution in [2.75, 3.05) is 0 Å². The number of pyridine rings is 1. The van der Waals surface area contributed by atoms with Gasteiger partial charge in [-0.1, -0.05) is 6.07 Å². The second-order valence-electron chi connectivity index (χ2n) is 3.92. The minimum atomic E-state index is -0.819. The summed E-state index contributed by atoms with van der Waals surface area (Å²) in [5.41, 5.74) is 7.21. The van der Waals surface area contributed by atoms with Crippen molar-refractivity contribution in [3.63, 3.8) is 0 Å². The highest BCUT2D eigenvalue weighted by Gasteiger charge is 2.14. The molecule has 6 nitrogen and oxygen atoms in total. The fourth-order valence-corrected chi connectivity index (χ4v) is 1.58. The van der Waals surface area contributed by atoms with Crippen molar-refractivity contribution in [1.82, 2.24) is 15.0 Å². The van der Waals surface area contributed by atoms with Crippen LogP contribution < -0.4 is 5.73 Å². The minimum absolute atomic E-state index is 0.489. The molecule has 2 heterocycles. The number of hydrogen-bond donors (Lipinski definition) is 2. The summed E-state index contributed by atoms with van der Waals surface area (Å²) >= 11 is 0. The van der Waals surface area contributed by atoms with Gasteiger partial charge in [-0.25, -0.2) is 14.8 Å². The van der Waals surface area contributed by atoms with Crippen molar-refractivity contribution in [1.29, 1.82) is 0 Å². The quantitative estimate of drug-likeness (QED) is 0.865. The normalized spacial score (nSPS) is 12.1. The Morgan fingerprint density at radius 3 is 2.89 bits per heavy atom. The van der Waals surface area contributed by atoms with E-state index in [2.05, 4.69) is 15.0 Å². The number of carbonyl (C=O) groups is 1. The van der Waals surface area contributed by atoms with E-state index in [0.29, 0.717) is 11.5 Å². The first-order chi connectivity index (χ1) is 8.56. The van der Waals surface area contributed by atoms with Crippen LogP contribution in [0, 0.1) is 6.92 Å². The van der Waals surface area contributed by atoms with Gasteiger partial charge in [-0.2, -0.15) is 0 Å². The summed E-state index contributed by atoms with van der Waals surface area (Å²) in [4.78, 5) is 22.3. The zero-order chi connectivity index (χ0) is 13.1. The average Bonchev–Trinajstić information content (AvgIpc) is 2.77. The standard InChI is InChI=1S/C12H14N4O2/c1-7-4-3-5-9(15-7)11-14-6-10(16-11)8(2)18-12(13)17/h3-6,8H,1-2H3,(H2,13,17)(H,14,16). The summed E-state index contributed by atoms with van der Waals surface area (Å²) in [5, 5.41) is 0. The molecule has 2 aromatic rings. The summed E-state index contributed by atoms with van der Waals surface area (Å²) in [6.45, 7) is 3.61. The Labute approximate surface area is 104 Å². The monoisotopic (exact) mass is 246 g/mol. The van der Waals surface area contributed by atoms with Crippen LogP contribution in [0.2, 0.25) is 0 Å². The molecule has 1 amide bonds. The Balaban J connectivity index is 2.22. The Morgan fingerprint density at radius 1 is 1.44 bits per heavy atom. The average molecular weight is 246 g/mol. The second-order valence-corrected chi connectivity index (χ2v) is 3.92. The molecule has 0 aliphatic heterocycles. The van der Waals surface area contributed by atoms with Gasteiger partial charge >= 0.3 is 6.09 Å². The molecule has 1 unspecified atom stereocenters. The van der Waals surface area contributed by atoms with Crippen LogP contribution in [-0.4, -0.2) is 21.0 Å².